The fourth-order valence-electron chi connectivity index (χ4n) is 0.719. The van der Waals surface area contributed by atoms with Crippen LogP contribution >= 0.6 is 31.9 Å². The van der Waals surface area contributed by atoms with Gasteiger partial charge in [-0.05, 0) is 0 Å². The van der Waals surface area contributed by atoms with Gasteiger partial charge in [-0.25, -0.2) is 9.59 Å². The predicted octanol–water partition coefficient (Wildman–Crippen LogP) is 2.91. The summed E-state index contributed by atoms with van der Waals surface area (Å²) in [5, 5.41) is 0.431. The zero-order valence-electron chi connectivity index (χ0n) is 9.66. The highest BCUT2D eigenvalue weighted by Gasteiger charge is 2.49. The fourth-order valence-corrected chi connectivity index (χ4v) is 1.92. The van der Waals surface area contributed by atoms with E-state index in [2.05, 4.69) is 45.0 Å². The van der Waals surface area contributed by atoms with Gasteiger partial charge in [0.25, 0.3) is 0 Å². The Labute approximate surface area is 117 Å². The molecule has 0 aromatic rings. The Hall–Kier alpha value is -0.620. The van der Waals surface area contributed by atoms with Crippen molar-refractivity contribution < 1.29 is 19.1 Å². The number of halogens is 2. The Morgan fingerprint density at radius 2 is 1.53 bits per heavy atom. The molecule has 0 N–H and O–H groups in total. The monoisotopic (exact) mass is 368 g/mol. The maximum Gasteiger partial charge on any atom is 0.334 e. The molecule has 0 aliphatic rings. The Bertz CT molecular complexity index is 314. The minimum absolute atomic E-state index is 0.431. The molecule has 0 aliphatic carbocycles. The van der Waals surface area contributed by atoms with Crippen molar-refractivity contribution in [1.29, 1.82) is 0 Å². The van der Waals surface area contributed by atoms with E-state index in [0.29, 0.717) is 5.33 Å². The number of esters is 2. The second kappa shape index (κ2) is 6.35. The third-order valence-corrected chi connectivity index (χ3v) is 4.74. The lowest BCUT2D eigenvalue weighted by molar-refractivity contribution is -0.211. The molecule has 0 heterocycles. The molecular weight excluding hydrogens is 356 g/mol. The molecule has 0 saturated heterocycles. The fraction of sp³-hybridized carbons (Fsp3) is 0.455. The van der Waals surface area contributed by atoms with E-state index in [1.165, 1.54) is 0 Å². The number of rotatable bonds is 6. The van der Waals surface area contributed by atoms with Crippen LogP contribution in [0.1, 0.15) is 13.8 Å². The van der Waals surface area contributed by atoms with Crippen molar-refractivity contribution in [1.82, 2.24) is 0 Å². The van der Waals surface area contributed by atoms with Crippen LogP contribution < -0.4 is 0 Å². The second-order valence-electron chi connectivity index (χ2n) is 3.80. The van der Waals surface area contributed by atoms with Crippen LogP contribution in [0.15, 0.2) is 25.3 Å². The van der Waals surface area contributed by atoms with Gasteiger partial charge in [0.2, 0.25) is 0 Å². The number of carbonyl (C=O) groups excluding carboxylic acids is 2. The molecule has 0 aliphatic heterocycles. The molecule has 6 heteroatoms. The van der Waals surface area contributed by atoms with Crippen LogP contribution in [0.2, 0.25) is 0 Å². The number of hydrogen-bond donors (Lipinski definition) is 0. The summed E-state index contributed by atoms with van der Waals surface area (Å²) in [6, 6.07) is 0. The Morgan fingerprint density at radius 3 is 1.76 bits per heavy atom. The Morgan fingerprint density at radius 1 is 1.18 bits per heavy atom. The zero-order valence-corrected chi connectivity index (χ0v) is 12.8. The maximum absolute atomic E-state index is 11.3. The van der Waals surface area contributed by atoms with Crippen molar-refractivity contribution in [3.63, 3.8) is 0 Å². The predicted molar refractivity (Wildman–Crippen MR) is 71.8 cm³/mol. The smallest absolute Gasteiger partial charge is 0.334 e. The van der Waals surface area contributed by atoms with E-state index in [1.54, 1.807) is 13.8 Å². The van der Waals surface area contributed by atoms with E-state index in [4.69, 9.17) is 9.47 Å². The summed E-state index contributed by atoms with van der Waals surface area (Å²) in [6.45, 7) is 10.1. The van der Waals surface area contributed by atoms with Crippen molar-refractivity contribution >= 4 is 43.8 Å². The molecule has 17 heavy (non-hydrogen) atoms. The summed E-state index contributed by atoms with van der Waals surface area (Å²) >= 11 is 6.40. The zero-order chi connectivity index (χ0) is 13.7. The first kappa shape index (κ1) is 16.4. The Kier molecular flexibility index (Phi) is 6.12. The maximum atomic E-state index is 11.3. The van der Waals surface area contributed by atoms with Gasteiger partial charge in [-0.3, -0.25) is 0 Å². The van der Waals surface area contributed by atoms with Crippen LogP contribution in [-0.4, -0.2) is 22.0 Å². The quantitative estimate of drug-likeness (QED) is 0.312. The third-order valence-electron chi connectivity index (χ3n) is 1.94. The lowest BCUT2D eigenvalue weighted by atomic mass is 9.95. The van der Waals surface area contributed by atoms with Gasteiger partial charge in [0.05, 0.1) is 5.41 Å². The van der Waals surface area contributed by atoms with Crippen LogP contribution in [0.25, 0.3) is 0 Å². The van der Waals surface area contributed by atoms with Gasteiger partial charge in [0.1, 0.15) is 0 Å². The topological polar surface area (TPSA) is 52.6 Å². The van der Waals surface area contributed by atoms with Gasteiger partial charge in [-0.15, -0.1) is 0 Å². The lowest BCUT2D eigenvalue weighted by Gasteiger charge is -2.38. The average Bonchev–Trinajstić information content (AvgIpc) is 2.28. The molecule has 0 rings (SSSR count). The van der Waals surface area contributed by atoms with Gasteiger partial charge in [-0.1, -0.05) is 42.9 Å². The number of ether oxygens (including phenoxy) is 2. The van der Waals surface area contributed by atoms with E-state index < -0.39 is 22.0 Å². The molecule has 0 amide bonds. The summed E-state index contributed by atoms with van der Waals surface area (Å²) in [5.41, 5.74) is -0.690. The van der Waals surface area contributed by atoms with Crippen molar-refractivity contribution in [2.45, 2.75) is 18.5 Å². The molecule has 0 atom stereocenters. The van der Waals surface area contributed by atoms with Crippen molar-refractivity contribution in [2.24, 2.45) is 5.41 Å². The third kappa shape index (κ3) is 4.27. The molecule has 0 fully saturated rings. The molecule has 4 nitrogen and oxygen atoms in total. The van der Waals surface area contributed by atoms with Gasteiger partial charge in [0, 0.05) is 33.4 Å². The van der Waals surface area contributed by atoms with E-state index in [1.807, 2.05) is 0 Å². The van der Waals surface area contributed by atoms with E-state index in [-0.39, 0.29) is 0 Å². The van der Waals surface area contributed by atoms with E-state index >= 15 is 0 Å². The molecule has 96 valence electrons. The van der Waals surface area contributed by atoms with Crippen LogP contribution in [0.4, 0.5) is 0 Å². The summed E-state index contributed by atoms with van der Waals surface area (Å²) in [7, 11) is 0. The highest BCUT2D eigenvalue weighted by molar-refractivity contribution is 9.10. The summed E-state index contributed by atoms with van der Waals surface area (Å²) < 4.78 is 8.53. The number of carbonyl (C=O) groups is 2. The van der Waals surface area contributed by atoms with E-state index in [0.717, 1.165) is 12.2 Å². The first-order valence-electron chi connectivity index (χ1n) is 4.68. The SMILES string of the molecule is C=CC(=O)OC(Br)(OC(=O)C=C)C(C)(C)CBr. The summed E-state index contributed by atoms with van der Waals surface area (Å²) in [6.07, 6.45) is 1.98. The van der Waals surface area contributed by atoms with Gasteiger partial charge < -0.3 is 9.47 Å². The largest absolute Gasteiger partial charge is 0.409 e. The Balaban J connectivity index is 5.19. The number of hydrogen-bond acceptors (Lipinski definition) is 4. The minimum atomic E-state index is -1.58. The highest BCUT2D eigenvalue weighted by Crippen LogP contribution is 2.42. The first-order chi connectivity index (χ1) is 7.72. The molecular formula is C11H14Br2O4. The van der Waals surface area contributed by atoms with Gasteiger partial charge in [0.15, 0.2) is 0 Å². The number of alkyl halides is 2. The highest BCUT2D eigenvalue weighted by atomic mass is 79.9. The first-order valence-corrected chi connectivity index (χ1v) is 6.59. The van der Waals surface area contributed by atoms with Crippen molar-refractivity contribution in [2.75, 3.05) is 5.33 Å². The normalized spacial score (nSPS) is 11.5. The molecule has 0 radical (unpaired) electrons. The average molecular weight is 370 g/mol. The summed E-state index contributed by atoms with van der Waals surface area (Å²) in [4.78, 5) is 22.5. The van der Waals surface area contributed by atoms with Crippen molar-refractivity contribution in [3.05, 3.63) is 25.3 Å². The standard InChI is InChI=1S/C11H14Br2O4/c1-5-8(14)16-11(13,10(3,4)7-12)17-9(15)6-2/h5-6H,1-2,7H2,3-4H3. The van der Waals surface area contributed by atoms with Crippen LogP contribution in [0.3, 0.4) is 0 Å². The molecule has 0 spiro atoms. The van der Waals surface area contributed by atoms with Gasteiger partial charge in [-0.2, -0.15) is 0 Å². The molecule has 0 aromatic heterocycles. The van der Waals surface area contributed by atoms with Crippen LogP contribution in [-0.2, 0) is 19.1 Å². The van der Waals surface area contributed by atoms with Crippen LogP contribution in [0, 0.1) is 5.41 Å². The van der Waals surface area contributed by atoms with E-state index in [9.17, 15) is 9.59 Å². The molecule has 0 bridgehead atoms. The lowest BCUT2D eigenvalue weighted by Crippen LogP contribution is -2.47. The van der Waals surface area contributed by atoms with Gasteiger partial charge >= 0.3 is 16.6 Å². The molecule has 0 saturated carbocycles. The minimum Gasteiger partial charge on any atom is -0.409 e. The van der Waals surface area contributed by atoms with Crippen LogP contribution in [0.5, 0.6) is 0 Å². The molecule has 0 aromatic carbocycles. The summed E-state index contributed by atoms with van der Waals surface area (Å²) in [5.74, 6) is -1.40. The molecule has 0 unspecified atom stereocenters. The second-order valence-corrected chi connectivity index (χ2v) is 5.41. The van der Waals surface area contributed by atoms with Crippen molar-refractivity contribution in [3.8, 4) is 0 Å².